The van der Waals surface area contributed by atoms with Crippen LogP contribution in [0.4, 0.5) is 4.39 Å². The molecule has 0 spiro atoms. The van der Waals surface area contributed by atoms with Gasteiger partial charge in [-0.15, -0.1) is 0 Å². The summed E-state index contributed by atoms with van der Waals surface area (Å²) >= 11 is 4.94. The van der Waals surface area contributed by atoms with Gasteiger partial charge in [0.25, 0.3) is 0 Å². The normalized spacial score (nSPS) is 9.94. The fraction of sp³-hybridized carbons (Fsp3) is 0.364. The Morgan fingerprint density at radius 2 is 2.19 bits per heavy atom. The van der Waals surface area contributed by atoms with Gasteiger partial charge >= 0.3 is 0 Å². The minimum absolute atomic E-state index is 0.0145. The number of hydrogen-bond donors (Lipinski definition) is 3. The SMILES string of the molecule is Cc1cccc(CNC(=S)NCCO)c1F. The molecule has 0 atom stereocenters. The van der Waals surface area contributed by atoms with Gasteiger partial charge in [-0.3, -0.25) is 0 Å². The fourth-order valence-corrected chi connectivity index (χ4v) is 1.43. The van der Waals surface area contributed by atoms with Crippen LogP contribution in [0, 0.1) is 12.7 Å². The summed E-state index contributed by atoms with van der Waals surface area (Å²) in [5.41, 5.74) is 1.20. The first kappa shape index (κ1) is 12.9. The van der Waals surface area contributed by atoms with Gasteiger partial charge in [-0.25, -0.2) is 4.39 Å². The van der Waals surface area contributed by atoms with Crippen molar-refractivity contribution in [2.45, 2.75) is 13.5 Å². The Morgan fingerprint density at radius 1 is 1.44 bits per heavy atom. The number of aliphatic hydroxyl groups excluding tert-OH is 1. The van der Waals surface area contributed by atoms with Crippen LogP contribution in [0.1, 0.15) is 11.1 Å². The average Bonchev–Trinajstić information content (AvgIpc) is 2.28. The third kappa shape index (κ3) is 3.75. The highest BCUT2D eigenvalue weighted by atomic mass is 32.1. The number of rotatable bonds is 4. The van der Waals surface area contributed by atoms with Gasteiger partial charge < -0.3 is 15.7 Å². The molecular formula is C11H15FN2OS. The number of hydrogen-bond acceptors (Lipinski definition) is 2. The van der Waals surface area contributed by atoms with E-state index in [2.05, 4.69) is 10.6 Å². The zero-order chi connectivity index (χ0) is 12.0. The number of benzene rings is 1. The number of aliphatic hydroxyl groups is 1. The molecule has 0 aromatic heterocycles. The number of thiocarbonyl (C=S) groups is 1. The Labute approximate surface area is 99.7 Å². The second-order valence-corrected chi connectivity index (χ2v) is 3.79. The summed E-state index contributed by atoms with van der Waals surface area (Å²) in [4.78, 5) is 0. The Bertz CT molecular complexity index is 371. The lowest BCUT2D eigenvalue weighted by molar-refractivity contribution is 0.300. The molecule has 0 bridgehead atoms. The average molecular weight is 242 g/mol. The van der Waals surface area contributed by atoms with Gasteiger partial charge in [0, 0.05) is 18.7 Å². The number of halogens is 1. The maximum absolute atomic E-state index is 13.6. The lowest BCUT2D eigenvalue weighted by atomic mass is 10.1. The van der Waals surface area contributed by atoms with E-state index in [1.165, 1.54) is 0 Å². The van der Waals surface area contributed by atoms with Crippen LogP contribution >= 0.6 is 12.2 Å². The van der Waals surface area contributed by atoms with Gasteiger partial charge in [0.05, 0.1) is 6.61 Å². The van der Waals surface area contributed by atoms with Crippen LogP contribution < -0.4 is 10.6 Å². The zero-order valence-corrected chi connectivity index (χ0v) is 9.90. The molecule has 5 heteroatoms. The molecule has 0 unspecified atom stereocenters. The monoisotopic (exact) mass is 242 g/mol. The van der Waals surface area contributed by atoms with E-state index in [1.54, 1.807) is 25.1 Å². The summed E-state index contributed by atoms with van der Waals surface area (Å²) in [6, 6.07) is 5.24. The Morgan fingerprint density at radius 3 is 2.88 bits per heavy atom. The summed E-state index contributed by atoms with van der Waals surface area (Å²) in [5.74, 6) is -0.208. The Hall–Kier alpha value is -1.20. The number of aryl methyl sites for hydroxylation is 1. The second kappa shape index (κ2) is 6.40. The van der Waals surface area contributed by atoms with Crippen molar-refractivity contribution in [1.29, 1.82) is 0 Å². The predicted octanol–water partition coefficient (Wildman–Crippen LogP) is 1.09. The van der Waals surface area contributed by atoms with E-state index in [4.69, 9.17) is 17.3 Å². The minimum atomic E-state index is -0.208. The summed E-state index contributed by atoms with van der Waals surface area (Å²) in [6.45, 7) is 2.47. The molecule has 0 amide bonds. The van der Waals surface area contributed by atoms with Gasteiger partial charge in [-0.2, -0.15) is 0 Å². The van der Waals surface area contributed by atoms with Crippen LogP contribution in [-0.2, 0) is 6.54 Å². The van der Waals surface area contributed by atoms with Crippen LogP contribution in [0.25, 0.3) is 0 Å². The molecule has 1 aromatic rings. The van der Waals surface area contributed by atoms with Crippen molar-refractivity contribution in [2.24, 2.45) is 0 Å². The minimum Gasteiger partial charge on any atom is -0.395 e. The van der Waals surface area contributed by atoms with Crippen molar-refractivity contribution in [3.63, 3.8) is 0 Å². The molecule has 0 aliphatic carbocycles. The molecule has 0 saturated heterocycles. The molecule has 3 nitrogen and oxygen atoms in total. The van der Waals surface area contributed by atoms with E-state index in [9.17, 15) is 4.39 Å². The molecule has 3 N–H and O–H groups in total. The largest absolute Gasteiger partial charge is 0.395 e. The zero-order valence-electron chi connectivity index (χ0n) is 9.09. The van der Waals surface area contributed by atoms with Crippen molar-refractivity contribution < 1.29 is 9.50 Å². The highest BCUT2D eigenvalue weighted by Gasteiger charge is 2.04. The van der Waals surface area contributed by atoms with E-state index in [1.807, 2.05) is 0 Å². The van der Waals surface area contributed by atoms with Crippen LogP contribution in [-0.4, -0.2) is 23.4 Å². The lowest BCUT2D eigenvalue weighted by Gasteiger charge is -2.10. The first-order chi connectivity index (χ1) is 7.65. The quantitative estimate of drug-likeness (QED) is 0.692. The molecule has 88 valence electrons. The maximum Gasteiger partial charge on any atom is 0.166 e. The molecule has 1 aromatic carbocycles. The summed E-state index contributed by atoms with van der Waals surface area (Å²) in [7, 11) is 0. The number of nitrogens with one attached hydrogen (secondary N) is 2. The third-order valence-electron chi connectivity index (χ3n) is 2.11. The van der Waals surface area contributed by atoms with Crippen molar-refractivity contribution in [1.82, 2.24) is 10.6 Å². The van der Waals surface area contributed by atoms with Gasteiger partial charge in [-0.05, 0) is 24.7 Å². The van der Waals surface area contributed by atoms with E-state index in [0.29, 0.717) is 29.3 Å². The molecule has 16 heavy (non-hydrogen) atoms. The molecule has 0 aliphatic heterocycles. The Kier molecular flexibility index (Phi) is 5.14. The topological polar surface area (TPSA) is 44.3 Å². The first-order valence-corrected chi connectivity index (χ1v) is 5.42. The predicted molar refractivity (Wildman–Crippen MR) is 65.7 cm³/mol. The standard InChI is InChI=1S/C11H15FN2OS/c1-8-3-2-4-9(10(8)12)7-14-11(16)13-5-6-15/h2-4,15H,5-7H2,1H3,(H2,13,14,16). The van der Waals surface area contributed by atoms with Crippen LogP contribution in [0.5, 0.6) is 0 Å². The third-order valence-corrected chi connectivity index (χ3v) is 2.40. The summed E-state index contributed by atoms with van der Waals surface area (Å²) in [5, 5.41) is 14.6. The second-order valence-electron chi connectivity index (χ2n) is 3.38. The molecule has 0 heterocycles. The molecule has 0 saturated carbocycles. The van der Waals surface area contributed by atoms with Crippen molar-refractivity contribution in [3.8, 4) is 0 Å². The van der Waals surface area contributed by atoms with Gasteiger partial charge in [0.2, 0.25) is 0 Å². The molecule has 0 radical (unpaired) electrons. The van der Waals surface area contributed by atoms with E-state index in [-0.39, 0.29) is 12.4 Å². The van der Waals surface area contributed by atoms with E-state index >= 15 is 0 Å². The molecule has 0 aliphatic rings. The lowest BCUT2D eigenvalue weighted by Crippen LogP contribution is -2.36. The molecule has 0 fully saturated rings. The van der Waals surface area contributed by atoms with Gasteiger partial charge in [0.1, 0.15) is 5.82 Å². The highest BCUT2D eigenvalue weighted by molar-refractivity contribution is 7.80. The van der Waals surface area contributed by atoms with Crippen LogP contribution in [0.15, 0.2) is 18.2 Å². The molecule has 1 rings (SSSR count). The fourth-order valence-electron chi connectivity index (χ4n) is 1.25. The van der Waals surface area contributed by atoms with E-state index < -0.39 is 0 Å². The van der Waals surface area contributed by atoms with Crippen molar-refractivity contribution in [3.05, 3.63) is 35.1 Å². The Balaban J connectivity index is 2.48. The van der Waals surface area contributed by atoms with Crippen LogP contribution in [0.2, 0.25) is 0 Å². The first-order valence-electron chi connectivity index (χ1n) is 5.01. The van der Waals surface area contributed by atoms with Crippen LogP contribution in [0.3, 0.4) is 0 Å². The summed E-state index contributed by atoms with van der Waals surface area (Å²) < 4.78 is 13.6. The maximum atomic E-state index is 13.6. The smallest absolute Gasteiger partial charge is 0.166 e. The summed E-state index contributed by atoms with van der Waals surface area (Å²) in [6.07, 6.45) is 0. The van der Waals surface area contributed by atoms with Crippen molar-refractivity contribution in [2.75, 3.05) is 13.2 Å². The van der Waals surface area contributed by atoms with E-state index in [0.717, 1.165) is 0 Å². The van der Waals surface area contributed by atoms with Crippen molar-refractivity contribution >= 4 is 17.3 Å². The van der Waals surface area contributed by atoms with Gasteiger partial charge in [-0.1, -0.05) is 18.2 Å². The highest BCUT2D eigenvalue weighted by Crippen LogP contribution is 2.11. The van der Waals surface area contributed by atoms with Gasteiger partial charge in [0.15, 0.2) is 5.11 Å². The molecular weight excluding hydrogens is 227 g/mol.